The van der Waals surface area contributed by atoms with E-state index in [-0.39, 0.29) is 12.1 Å². The predicted octanol–water partition coefficient (Wildman–Crippen LogP) is 3.22. The molecule has 0 radical (unpaired) electrons. The summed E-state index contributed by atoms with van der Waals surface area (Å²) in [6, 6.07) is 3.16. The van der Waals surface area contributed by atoms with Crippen molar-refractivity contribution < 1.29 is 13.2 Å². The number of rotatable bonds is 2. The number of allylic oxidation sites excluding steroid dienone is 1. The molecule has 0 amide bonds. The SMILES string of the molecule is NCc1cccc(C(F)(F)F)c1C1N=CC=CC1=S. The summed E-state index contributed by atoms with van der Waals surface area (Å²) in [5.41, 5.74) is 5.28. The topological polar surface area (TPSA) is 38.4 Å². The van der Waals surface area contributed by atoms with E-state index in [0.717, 1.165) is 6.07 Å². The summed E-state index contributed by atoms with van der Waals surface area (Å²) >= 11 is 5.09. The van der Waals surface area contributed by atoms with E-state index >= 15 is 0 Å². The van der Waals surface area contributed by atoms with Crippen molar-refractivity contribution >= 4 is 23.3 Å². The molecule has 100 valence electrons. The molecule has 1 aromatic carbocycles. The Bertz CT molecular complexity index is 561. The van der Waals surface area contributed by atoms with Gasteiger partial charge < -0.3 is 5.73 Å². The van der Waals surface area contributed by atoms with E-state index < -0.39 is 17.8 Å². The van der Waals surface area contributed by atoms with E-state index in [1.165, 1.54) is 12.3 Å². The number of nitrogens with zero attached hydrogens (tertiary/aromatic N) is 1. The first-order valence-electron chi connectivity index (χ1n) is 5.58. The number of hydrogen-bond donors (Lipinski definition) is 1. The number of halogens is 3. The van der Waals surface area contributed by atoms with Crippen LogP contribution >= 0.6 is 12.2 Å². The first-order chi connectivity index (χ1) is 8.95. The molecule has 1 aromatic rings. The lowest BCUT2D eigenvalue weighted by Crippen LogP contribution is -2.19. The maximum atomic E-state index is 13.1. The van der Waals surface area contributed by atoms with Crippen molar-refractivity contribution in [3.63, 3.8) is 0 Å². The second kappa shape index (κ2) is 5.22. The highest BCUT2D eigenvalue weighted by Gasteiger charge is 2.37. The number of thiocarbonyl (C=S) groups is 1. The minimum Gasteiger partial charge on any atom is -0.326 e. The van der Waals surface area contributed by atoms with Crippen LogP contribution < -0.4 is 5.73 Å². The first-order valence-corrected chi connectivity index (χ1v) is 5.98. The molecule has 2 rings (SSSR count). The summed E-state index contributed by atoms with van der Waals surface area (Å²) in [5.74, 6) is 0. The molecule has 1 heterocycles. The van der Waals surface area contributed by atoms with Gasteiger partial charge in [-0.2, -0.15) is 13.2 Å². The highest BCUT2D eigenvalue weighted by atomic mass is 32.1. The lowest BCUT2D eigenvalue weighted by molar-refractivity contribution is -0.138. The van der Waals surface area contributed by atoms with E-state index in [4.69, 9.17) is 18.0 Å². The van der Waals surface area contributed by atoms with Crippen LogP contribution in [0.4, 0.5) is 13.2 Å². The van der Waals surface area contributed by atoms with Gasteiger partial charge in [-0.05, 0) is 29.3 Å². The zero-order chi connectivity index (χ0) is 14.0. The van der Waals surface area contributed by atoms with Crippen molar-refractivity contribution in [2.45, 2.75) is 18.8 Å². The molecule has 1 unspecified atom stereocenters. The van der Waals surface area contributed by atoms with Crippen LogP contribution in [0.25, 0.3) is 0 Å². The fraction of sp³-hybridized carbons (Fsp3) is 0.231. The standard InChI is InChI=1S/C13H11F3N2S/c14-13(15,16)9-4-1-3-8(7-17)11(9)12-10(19)5-2-6-18-12/h1-6,12H,7,17H2. The van der Waals surface area contributed by atoms with Crippen LogP contribution in [0.5, 0.6) is 0 Å². The number of dihydropyridines is 1. The summed E-state index contributed by atoms with van der Waals surface area (Å²) in [7, 11) is 0. The summed E-state index contributed by atoms with van der Waals surface area (Å²) in [6.07, 6.45) is 0.193. The molecule has 0 bridgehead atoms. The molecule has 1 aliphatic heterocycles. The van der Waals surface area contributed by atoms with Crippen LogP contribution in [-0.4, -0.2) is 11.1 Å². The lowest BCUT2D eigenvalue weighted by Gasteiger charge is -2.22. The Balaban J connectivity index is 2.63. The van der Waals surface area contributed by atoms with Gasteiger partial charge in [0.05, 0.1) is 5.56 Å². The average Bonchev–Trinajstić information content (AvgIpc) is 2.37. The molecule has 1 atom stereocenters. The highest BCUT2D eigenvalue weighted by Crippen LogP contribution is 2.38. The van der Waals surface area contributed by atoms with Gasteiger partial charge >= 0.3 is 6.18 Å². The van der Waals surface area contributed by atoms with Gasteiger partial charge in [0.2, 0.25) is 0 Å². The highest BCUT2D eigenvalue weighted by molar-refractivity contribution is 7.80. The van der Waals surface area contributed by atoms with Crippen molar-refractivity contribution in [3.05, 3.63) is 47.0 Å². The molecule has 0 aromatic heterocycles. The molecule has 2 nitrogen and oxygen atoms in total. The van der Waals surface area contributed by atoms with Gasteiger partial charge in [0.15, 0.2) is 0 Å². The third-order valence-electron chi connectivity index (χ3n) is 2.85. The van der Waals surface area contributed by atoms with Crippen LogP contribution in [0.3, 0.4) is 0 Å². The van der Waals surface area contributed by atoms with Gasteiger partial charge in [-0.15, -0.1) is 0 Å². The Labute approximate surface area is 113 Å². The lowest BCUT2D eigenvalue weighted by atomic mass is 9.91. The van der Waals surface area contributed by atoms with Gasteiger partial charge in [0, 0.05) is 17.6 Å². The minimum absolute atomic E-state index is 0.0115. The Morgan fingerprint density at radius 3 is 2.63 bits per heavy atom. The smallest absolute Gasteiger partial charge is 0.326 e. The normalized spacial score (nSPS) is 18.9. The van der Waals surface area contributed by atoms with Crippen molar-refractivity contribution in [1.82, 2.24) is 0 Å². The third-order valence-corrected chi connectivity index (χ3v) is 3.21. The molecular weight excluding hydrogens is 273 g/mol. The Morgan fingerprint density at radius 1 is 1.32 bits per heavy atom. The number of benzene rings is 1. The Morgan fingerprint density at radius 2 is 2.05 bits per heavy atom. The monoisotopic (exact) mass is 284 g/mol. The zero-order valence-corrected chi connectivity index (χ0v) is 10.6. The molecule has 0 saturated carbocycles. The average molecular weight is 284 g/mol. The minimum atomic E-state index is -4.45. The van der Waals surface area contributed by atoms with Crippen LogP contribution in [0.1, 0.15) is 22.7 Å². The second-order valence-electron chi connectivity index (χ2n) is 4.04. The maximum absolute atomic E-state index is 13.1. The van der Waals surface area contributed by atoms with Gasteiger partial charge in [-0.25, -0.2) is 0 Å². The van der Waals surface area contributed by atoms with E-state index in [1.807, 2.05) is 0 Å². The first kappa shape index (κ1) is 13.9. The van der Waals surface area contributed by atoms with Crippen LogP contribution in [-0.2, 0) is 12.7 Å². The van der Waals surface area contributed by atoms with Gasteiger partial charge in [0.25, 0.3) is 0 Å². The quantitative estimate of drug-likeness (QED) is 0.847. The second-order valence-corrected chi connectivity index (χ2v) is 4.51. The molecule has 6 heteroatoms. The summed E-state index contributed by atoms with van der Waals surface area (Å²) in [5, 5.41) is 0. The zero-order valence-electron chi connectivity index (χ0n) is 9.82. The molecule has 19 heavy (non-hydrogen) atoms. The molecule has 1 aliphatic rings. The fourth-order valence-electron chi connectivity index (χ4n) is 2.02. The summed E-state index contributed by atoms with van der Waals surface area (Å²) in [4.78, 5) is 4.41. The number of aliphatic imine (C=N–C) groups is 1. The van der Waals surface area contributed by atoms with Crippen LogP contribution in [0.2, 0.25) is 0 Å². The van der Waals surface area contributed by atoms with E-state index in [9.17, 15) is 13.2 Å². The largest absolute Gasteiger partial charge is 0.416 e. The van der Waals surface area contributed by atoms with E-state index in [0.29, 0.717) is 10.4 Å². The van der Waals surface area contributed by atoms with Crippen molar-refractivity contribution in [1.29, 1.82) is 0 Å². The third kappa shape index (κ3) is 2.74. The van der Waals surface area contributed by atoms with E-state index in [2.05, 4.69) is 4.99 Å². The molecule has 0 aliphatic carbocycles. The molecule has 2 N–H and O–H groups in total. The predicted molar refractivity (Wildman–Crippen MR) is 72.3 cm³/mol. The summed E-state index contributed by atoms with van der Waals surface area (Å²) in [6.45, 7) is 0.0115. The molecular formula is C13H11F3N2S. The molecule has 0 saturated heterocycles. The fourth-order valence-corrected chi connectivity index (χ4v) is 2.27. The van der Waals surface area contributed by atoms with Gasteiger partial charge in [0.1, 0.15) is 6.04 Å². The number of nitrogens with two attached hydrogens (primary N) is 1. The van der Waals surface area contributed by atoms with Crippen LogP contribution in [0.15, 0.2) is 35.3 Å². The Hall–Kier alpha value is -1.53. The molecule has 0 spiro atoms. The molecule has 0 fully saturated rings. The van der Waals surface area contributed by atoms with Crippen molar-refractivity contribution in [2.75, 3.05) is 0 Å². The van der Waals surface area contributed by atoms with Crippen LogP contribution in [0, 0.1) is 0 Å². The van der Waals surface area contributed by atoms with E-state index in [1.54, 1.807) is 18.2 Å². The number of alkyl halides is 3. The summed E-state index contributed by atoms with van der Waals surface area (Å²) < 4.78 is 39.3. The van der Waals surface area contributed by atoms with Crippen molar-refractivity contribution in [2.24, 2.45) is 10.7 Å². The van der Waals surface area contributed by atoms with Crippen molar-refractivity contribution in [3.8, 4) is 0 Å². The van der Waals surface area contributed by atoms with Gasteiger partial charge in [-0.3, -0.25) is 4.99 Å². The Kier molecular flexibility index (Phi) is 3.82. The number of hydrogen-bond acceptors (Lipinski definition) is 3. The van der Waals surface area contributed by atoms with Gasteiger partial charge in [-0.1, -0.05) is 24.4 Å². The maximum Gasteiger partial charge on any atom is 0.416 e.